The zero-order valence-corrected chi connectivity index (χ0v) is 12.4. The van der Waals surface area contributed by atoms with Crippen molar-refractivity contribution < 1.29 is 0 Å². The summed E-state index contributed by atoms with van der Waals surface area (Å²) >= 11 is 0. The second-order valence-corrected chi connectivity index (χ2v) is 5.79. The van der Waals surface area contributed by atoms with Gasteiger partial charge in [0, 0.05) is 0 Å². The predicted molar refractivity (Wildman–Crippen MR) is 82.9 cm³/mol. The average Bonchev–Trinajstić information content (AvgIpc) is 2.80. The zero-order chi connectivity index (χ0) is 13.6. The van der Waals surface area contributed by atoms with E-state index in [4.69, 9.17) is 0 Å². The van der Waals surface area contributed by atoms with Gasteiger partial charge in [-0.2, -0.15) is 0 Å². The minimum Gasteiger partial charge on any atom is -0.0651 e. The molecule has 19 heavy (non-hydrogen) atoms. The molecular formula is C19H22. The molecule has 0 heterocycles. The fourth-order valence-electron chi connectivity index (χ4n) is 3.56. The molecule has 0 unspecified atom stereocenters. The second kappa shape index (κ2) is 4.52. The van der Waals surface area contributed by atoms with Gasteiger partial charge in [0.15, 0.2) is 0 Å². The highest BCUT2D eigenvalue weighted by Crippen LogP contribution is 2.43. The summed E-state index contributed by atoms with van der Waals surface area (Å²) in [6.07, 6.45) is 3.57. The van der Waals surface area contributed by atoms with Crippen molar-refractivity contribution in [1.82, 2.24) is 0 Å². The fraction of sp³-hybridized carbons (Fsp3) is 0.368. The molecular weight excluding hydrogens is 228 g/mol. The Bertz CT molecular complexity index is 648. The largest absolute Gasteiger partial charge is 0.0651 e. The van der Waals surface area contributed by atoms with Gasteiger partial charge in [-0.05, 0) is 78.1 Å². The van der Waals surface area contributed by atoms with Crippen LogP contribution in [0.25, 0.3) is 11.1 Å². The summed E-state index contributed by atoms with van der Waals surface area (Å²) in [5.41, 5.74) is 12.2. The highest BCUT2D eigenvalue weighted by molar-refractivity contribution is 5.82. The van der Waals surface area contributed by atoms with Crippen molar-refractivity contribution in [2.75, 3.05) is 0 Å². The molecule has 0 saturated heterocycles. The maximum Gasteiger partial charge on any atom is -0.00105 e. The first-order chi connectivity index (χ1) is 9.15. The van der Waals surface area contributed by atoms with Crippen LogP contribution >= 0.6 is 0 Å². The number of benzene rings is 2. The molecule has 0 N–H and O–H groups in total. The Morgan fingerprint density at radius 3 is 2.42 bits per heavy atom. The van der Waals surface area contributed by atoms with Gasteiger partial charge in [0.2, 0.25) is 0 Å². The second-order valence-electron chi connectivity index (χ2n) is 5.79. The quantitative estimate of drug-likeness (QED) is 0.591. The molecule has 0 spiro atoms. The van der Waals surface area contributed by atoms with E-state index in [0.717, 1.165) is 6.42 Å². The Morgan fingerprint density at radius 2 is 1.68 bits per heavy atom. The summed E-state index contributed by atoms with van der Waals surface area (Å²) in [5, 5.41) is 0. The molecule has 2 aromatic rings. The molecule has 98 valence electrons. The SMILES string of the molecule is CCCc1c(C)c(C)c(C)c2c1Cc1ccccc1-2. The van der Waals surface area contributed by atoms with Crippen molar-refractivity contribution in [2.24, 2.45) is 0 Å². The van der Waals surface area contributed by atoms with Crippen LogP contribution in [0.5, 0.6) is 0 Å². The van der Waals surface area contributed by atoms with E-state index in [0.29, 0.717) is 0 Å². The van der Waals surface area contributed by atoms with Gasteiger partial charge < -0.3 is 0 Å². The molecule has 1 aliphatic rings. The molecule has 0 fully saturated rings. The lowest BCUT2D eigenvalue weighted by Gasteiger charge is -2.18. The maximum atomic E-state index is 2.30. The number of rotatable bonds is 2. The van der Waals surface area contributed by atoms with Gasteiger partial charge in [-0.25, -0.2) is 0 Å². The van der Waals surface area contributed by atoms with E-state index in [1.165, 1.54) is 46.2 Å². The molecule has 0 nitrogen and oxygen atoms in total. The lowest BCUT2D eigenvalue weighted by molar-refractivity contribution is 0.894. The van der Waals surface area contributed by atoms with Crippen molar-refractivity contribution in [2.45, 2.75) is 47.0 Å². The van der Waals surface area contributed by atoms with E-state index in [1.54, 1.807) is 11.1 Å². The van der Waals surface area contributed by atoms with E-state index in [9.17, 15) is 0 Å². The van der Waals surface area contributed by atoms with Crippen molar-refractivity contribution >= 4 is 0 Å². The molecule has 0 amide bonds. The highest BCUT2D eigenvalue weighted by atomic mass is 14.3. The Hall–Kier alpha value is -1.56. The van der Waals surface area contributed by atoms with Crippen molar-refractivity contribution in [3.8, 4) is 11.1 Å². The summed E-state index contributed by atoms with van der Waals surface area (Å²) in [6, 6.07) is 8.91. The van der Waals surface area contributed by atoms with Gasteiger partial charge in [0.1, 0.15) is 0 Å². The van der Waals surface area contributed by atoms with Gasteiger partial charge in [0.05, 0.1) is 0 Å². The molecule has 0 aliphatic heterocycles. The Labute approximate surface area is 116 Å². The maximum absolute atomic E-state index is 2.30. The molecule has 1 aliphatic carbocycles. The normalized spacial score (nSPS) is 12.4. The molecule has 0 radical (unpaired) electrons. The first-order valence-electron chi connectivity index (χ1n) is 7.35. The summed E-state index contributed by atoms with van der Waals surface area (Å²) < 4.78 is 0. The van der Waals surface area contributed by atoms with E-state index in [1.807, 2.05) is 0 Å². The monoisotopic (exact) mass is 250 g/mol. The van der Waals surface area contributed by atoms with Crippen LogP contribution in [0, 0.1) is 20.8 Å². The van der Waals surface area contributed by atoms with E-state index in [-0.39, 0.29) is 0 Å². The topological polar surface area (TPSA) is 0 Å². The van der Waals surface area contributed by atoms with Crippen LogP contribution in [-0.4, -0.2) is 0 Å². The number of fused-ring (bicyclic) bond motifs is 3. The summed E-state index contributed by atoms with van der Waals surface area (Å²) in [5.74, 6) is 0. The van der Waals surface area contributed by atoms with Gasteiger partial charge in [0.25, 0.3) is 0 Å². The molecule has 0 heteroatoms. The Morgan fingerprint density at radius 1 is 0.947 bits per heavy atom. The first-order valence-corrected chi connectivity index (χ1v) is 7.35. The van der Waals surface area contributed by atoms with Gasteiger partial charge in [-0.1, -0.05) is 37.6 Å². The fourth-order valence-corrected chi connectivity index (χ4v) is 3.56. The third-order valence-corrected chi connectivity index (χ3v) is 4.77. The molecule has 3 rings (SSSR count). The van der Waals surface area contributed by atoms with Gasteiger partial charge >= 0.3 is 0 Å². The van der Waals surface area contributed by atoms with Crippen molar-refractivity contribution in [1.29, 1.82) is 0 Å². The highest BCUT2D eigenvalue weighted by Gasteiger charge is 2.25. The standard InChI is InChI=1S/C19H22/c1-5-8-16-13(3)12(2)14(4)19-17-10-7-6-9-15(17)11-18(16)19/h6-7,9-10H,5,8,11H2,1-4H3. The molecule has 0 atom stereocenters. The first kappa shape index (κ1) is 12.5. The van der Waals surface area contributed by atoms with Crippen molar-refractivity contribution in [3.63, 3.8) is 0 Å². The van der Waals surface area contributed by atoms with Crippen LogP contribution in [0.15, 0.2) is 24.3 Å². The summed E-state index contributed by atoms with van der Waals surface area (Å²) in [6.45, 7) is 9.16. The zero-order valence-electron chi connectivity index (χ0n) is 12.4. The third kappa shape index (κ3) is 1.74. The lowest BCUT2D eigenvalue weighted by atomic mass is 9.86. The molecule has 0 bridgehead atoms. The van der Waals surface area contributed by atoms with Crippen LogP contribution < -0.4 is 0 Å². The van der Waals surface area contributed by atoms with Crippen LogP contribution in [-0.2, 0) is 12.8 Å². The van der Waals surface area contributed by atoms with Gasteiger partial charge in [-0.15, -0.1) is 0 Å². The minimum absolute atomic E-state index is 1.13. The Balaban J connectivity index is 2.33. The van der Waals surface area contributed by atoms with E-state index < -0.39 is 0 Å². The number of hydrogen-bond acceptors (Lipinski definition) is 0. The number of hydrogen-bond donors (Lipinski definition) is 0. The lowest BCUT2D eigenvalue weighted by Crippen LogP contribution is -2.02. The van der Waals surface area contributed by atoms with Crippen LogP contribution in [0.4, 0.5) is 0 Å². The van der Waals surface area contributed by atoms with Crippen molar-refractivity contribution in [3.05, 3.63) is 57.6 Å². The van der Waals surface area contributed by atoms with E-state index >= 15 is 0 Å². The molecule has 2 aromatic carbocycles. The van der Waals surface area contributed by atoms with E-state index in [2.05, 4.69) is 52.0 Å². The predicted octanol–water partition coefficient (Wildman–Crippen LogP) is 5.14. The minimum atomic E-state index is 1.13. The average molecular weight is 250 g/mol. The van der Waals surface area contributed by atoms with Crippen LogP contribution in [0.2, 0.25) is 0 Å². The molecule has 0 saturated carbocycles. The van der Waals surface area contributed by atoms with Crippen LogP contribution in [0.1, 0.15) is 46.7 Å². The third-order valence-electron chi connectivity index (χ3n) is 4.77. The Kier molecular flexibility index (Phi) is 2.97. The smallest absolute Gasteiger partial charge is 0.00105 e. The van der Waals surface area contributed by atoms with Gasteiger partial charge in [-0.3, -0.25) is 0 Å². The summed E-state index contributed by atoms with van der Waals surface area (Å²) in [7, 11) is 0. The summed E-state index contributed by atoms with van der Waals surface area (Å²) in [4.78, 5) is 0. The van der Waals surface area contributed by atoms with Crippen LogP contribution in [0.3, 0.4) is 0 Å². The molecule has 0 aromatic heterocycles.